The SMILES string of the molecule is COc1ccc(NC(=O)C(C)(C)C(=O)N2CCC(Cc3ccccc3)CC2)cc1. The fourth-order valence-corrected chi connectivity index (χ4v) is 3.74. The minimum Gasteiger partial charge on any atom is -0.497 e. The molecule has 1 aliphatic heterocycles. The van der Waals surface area contributed by atoms with E-state index < -0.39 is 5.41 Å². The summed E-state index contributed by atoms with van der Waals surface area (Å²) in [6.45, 7) is 4.81. The van der Waals surface area contributed by atoms with E-state index in [-0.39, 0.29) is 11.8 Å². The average molecular weight is 395 g/mol. The summed E-state index contributed by atoms with van der Waals surface area (Å²) in [6.07, 6.45) is 2.98. The van der Waals surface area contributed by atoms with E-state index in [9.17, 15) is 9.59 Å². The average Bonchev–Trinajstić information content (AvgIpc) is 2.75. The van der Waals surface area contributed by atoms with Gasteiger partial charge in [0, 0.05) is 18.8 Å². The lowest BCUT2D eigenvalue weighted by Crippen LogP contribution is -2.50. The molecule has 0 radical (unpaired) electrons. The molecule has 2 aromatic rings. The summed E-state index contributed by atoms with van der Waals surface area (Å²) in [5, 5.41) is 2.85. The highest BCUT2D eigenvalue weighted by atomic mass is 16.5. The number of hydrogen-bond donors (Lipinski definition) is 1. The summed E-state index contributed by atoms with van der Waals surface area (Å²) < 4.78 is 5.13. The molecule has 29 heavy (non-hydrogen) atoms. The Morgan fingerprint density at radius 3 is 2.24 bits per heavy atom. The number of ether oxygens (including phenoxy) is 1. The summed E-state index contributed by atoms with van der Waals surface area (Å²) in [5.74, 6) is 0.898. The van der Waals surface area contributed by atoms with Crippen LogP contribution in [-0.2, 0) is 16.0 Å². The molecule has 0 spiro atoms. The number of anilines is 1. The van der Waals surface area contributed by atoms with Crippen molar-refractivity contribution in [3.63, 3.8) is 0 Å². The van der Waals surface area contributed by atoms with Gasteiger partial charge in [-0.1, -0.05) is 30.3 Å². The molecule has 3 rings (SSSR count). The maximum Gasteiger partial charge on any atom is 0.239 e. The Bertz CT molecular complexity index is 823. The summed E-state index contributed by atoms with van der Waals surface area (Å²) >= 11 is 0. The number of amides is 2. The van der Waals surface area contributed by atoms with E-state index in [0.29, 0.717) is 24.7 Å². The van der Waals surface area contributed by atoms with Crippen molar-refractivity contribution in [3.8, 4) is 5.75 Å². The van der Waals surface area contributed by atoms with Gasteiger partial charge in [-0.15, -0.1) is 0 Å². The van der Waals surface area contributed by atoms with Gasteiger partial charge in [-0.3, -0.25) is 9.59 Å². The molecule has 5 nitrogen and oxygen atoms in total. The van der Waals surface area contributed by atoms with Gasteiger partial charge in [0.25, 0.3) is 0 Å². The molecule has 1 fully saturated rings. The second-order valence-electron chi connectivity index (χ2n) is 8.23. The van der Waals surface area contributed by atoms with Crippen molar-refractivity contribution in [2.24, 2.45) is 11.3 Å². The normalized spacial score (nSPS) is 15.1. The molecule has 2 amide bonds. The summed E-state index contributed by atoms with van der Waals surface area (Å²) in [5.41, 5.74) is 0.876. The van der Waals surface area contributed by atoms with Crippen LogP contribution < -0.4 is 10.1 Å². The minimum absolute atomic E-state index is 0.110. The highest BCUT2D eigenvalue weighted by molar-refractivity contribution is 6.09. The number of nitrogens with one attached hydrogen (secondary N) is 1. The predicted molar refractivity (Wildman–Crippen MR) is 115 cm³/mol. The third-order valence-electron chi connectivity index (χ3n) is 5.72. The van der Waals surface area contributed by atoms with E-state index in [4.69, 9.17) is 4.74 Å². The number of likely N-dealkylation sites (tertiary alicyclic amines) is 1. The van der Waals surface area contributed by atoms with Gasteiger partial charge >= 0.3 is 0 Å². The Hall–Kier alpha value is -2.82. The van der Waals surface area contributed by atoms with Gasteiger partial charge < -0.3 is 15.0 Å². The van der Waals surface area contributed by atoms with Crippen LogP contribution in [0.15, 0.2) is 54.6 Å². The van der Waals surface area contributed by atoms with Crippen LogP contribution in [0.2, 0.25) is 0 Å². The molecule has 0 unspecified atom stereocenters. The summed E-state index contributed by atoms with van der Waals surface area (Å²) in [4.78, 5) is 27.7. The van der Waals surface area contributed by atoms with Crippen LogP contribution in [-0.4, -0.2) is 36.9 Å². The smallest absolute Gasteiger partial charge is 0.239 e. The molecule has 2 aromatic carbocycles. The predicted octanol–water partition coefficient (Wildman–Crippen LogP) is 4.14. The van der Waals surface area contributed by atoms with Crippen molar-refractivity contribution in [2.75, 3.05) is 25.5 Å². The molecule has 1 heterocycles. The number of hydrogen-bond acceptors (Lipinski definition) is 3. The van der Waals surface area contributed by atoms with Crippen molar-refractivity contribution in [1.29, 1.82) is 0 Å². The number of nitrogens with zero attached hydrogens (tertiary/aromatic N) is 1. The number of rotatable bonds is 6. The lowest BCUT2D eigenvalue weighted by atomic mass is 9.86. The Labute approximate surface area is 173 Å². The van der Waals surface area contributed by atoms with Gasteiger partial charge in [0.2, 0.25) is 11.8 Å². The molecular formula is C24H30N2O3. The lowest BCUT2D eigenvalue weighted by Gasteiger charge is -2.36. The molecule has 5 heteroatoms. The van der Waals surface area contributed by atoms with E-state index in [1.807, 2.05) is 11.0 Å². The molecule has 1 saturated heterocycles. The Morgan fingerprint density at radius 1 is 1.03 bits per heavy atom. The molecular weight excluding hydrogens is 364 g/mol. The number of carbonyl (C=O) groups is 2. The molecule has 1 aliphatic rings. The maximum absolute atomic E-state index is 13.1. The first-order valence-electron chi connectivity index (χ1n) is 10.2. The number of benzene rings is 2. The van der Waals surface area contributed by atoms with Crippen LogP contribution in [0.25, 0.3) is 0 Å². The molecule has 0 bridgehead atoms. The highest BCUT2D eigenvalue weighted by Crippen LogP contribution is 2.27. The van der Waals surface area contributed by atoms with Gasteiger partial charge in [0.15, 0.2) is 0 Å². The van der Waals surface area contributed by atoms with Crippen molar-refractivity contribution < 1.29 is 14.3 Å². The van der Waals surface area contributed by atoms with Gasteiger partial charge in [-0.05, 0) is 68.9 Å². The summed E-state index contributed by atoms with van der Waals surface area (Å²) in [6, 6.07) is 17.6. The van der Waals surface area contributed by atoms with Gasteiger partial charge in [-0.25, -0.2) is 0 Å². The Morgan fingerprint density at radius 2 is 1.66 bits per heavy atom. The Kier molecular flexibility index (Phi) is 6.57. The zero-order chi connectivity index (χ0) is 20.9. The van der Waals surface area contributed by atoms with E-state index >= 15 is 0 Å². The standard InChI is InChI=1S/C24H30N2O3/c1-24(2,22(27)25-20-9-11-21(29-3)12-10-20)23(28)26-15-13-19(14-16-26)17-18-7-5-4-6-8-18/h4-12,19H,13-17H2,1-3H3,(H,25,27). The lowest BCUT2D eigenvalue weighted by molar-refractivity contribution is -0.147. The second kappa shape index (κ2) is 9.12. The Balaban J connectivity index is 1.55. The first kappa shape index (κ1) is 20.9. The van der Waals surface area contributed by atoms with Crippen LogP contribution in [0.1, 0.15) is 32.3 Å². The zero-order valence-electron chi connectivity index (χ0n) is 17.5. The largest absolute Gasteiger partial charge is 0.497 e. The zero-order valence-corrected chi connectivity index (χ0v) is 17.5. The van der Waals surface area contributed by atoms with Crippen LogP contribution in [0, 0.1) is 11.3 Å². The van der Waals surface area contributed by atoms with Gasteiger partial charge in [0.05, 0.1) is 7.11 Å². The first-order valence-corrected chi connectivity index (χ1v) is 10.2. The molecule has 154 valence electrons. The van der Waals surface area contributed by atoms with Crippen molar-refractivity contribution in [3.05, 3.63) is 60.2 Å². The van der Waals surface area contributed by atoms with Crippen molar-refractivity contribution >= 4 is 17.5 Å². The fraction of sp³-hybridized carbons (Fsp3) is 0.417. The number of carbonyl (C=O) groups excluding carboxylic acids is 2. The van der Waals surface area contributed by atoms with Crippen LogP contribution >= 0.6 is 0 Å². The van der Waals surface area contributed by atoms with Gasteiger partial charge in [-0.2, -0.15) is 0 Å². The molecule has 0 aromatic heterocycles. The third-order valence-corrected chi connectivity index (χ3v) is 5.72. The van der Waals surface area contributed by atoms with E-state index in [1.54, 1.807) is 45.2 Å². The van der Waals surface area contributed by atoms with Crippen LogP contribution in [0.3, 0.4) is 0 Å². The quantitative estimate of drug-likeness (QED) is 0.749. The van der Waals surface area contributed by atoms with Gasteiger partial charge in [0.1, 0.15) is 11.2 Å². The molecule has 0 aliphatic carbocycles. The molecule has 0 atom stereocenters. The van der Waals surface area contributed by atoms with Crippen molar-refractivity contribution in [1.82, 2.24) is 4.90 Å². The van der Waals surface area contributed by atoms with Crippen LogP contribution in [0.4, 0.5) is 5.69 Å². The van der Waals surface area contributed by atoms with E-state index in [0.717, 1.165) is 25.0 Å². The maximum atomic E-state index is 13.1. The minimum atomic E-state index is -1.12. The number of piperidine rings is 1. The second-order valence-corrected chi connectivity index (χ2v) is 8.23. The topological polar surface area (TPSA) is 58.6 Å². The fourth-order valence-electron chi connectivity index (χ4n) is 3.74. The third kappa shape index (κ3) is 5.17. The van der Waals surface area contributed by atoms with Crippen molar-refractivity contribution in [2.45, 2.75) is 33.1 Å². The van der Waals surface area contributed by atoms with E-state index in [2.05, 4.69) is 29.6 Å². The highest BCUT2D eigenvalue weighted by Gasteiger charge is 2.40. The molecule has 0 saturated carbocycles. The monoisotopic (exact) mass is 394 g/mol. The summed E-state index contributed by atoms with van der Waals surface area (Å²) in [7, 11) is 1.60. The number of methoxy groups -OCH3 is 1. The molecule has 1 N–H and O–H groups in total. The van der Waals surface area contributed by atoms with E-state index in [1.165, 1.54) is 5.56 Å². The first-order chi connectivity index (χ1) is 13.9. The van der Waals surface area contributed by atoms with Crippen LogP contribution in [0.5, 0.6) is 5.75 Å².